The largest absolute Gasteiger partial charge is 0.477 e. The van der Waals surface area contributed by atoms with E-state index >= 15 is 0 Å². The number of hydrogen-bond acceptors (Lipinski definition) is 2. The van der Waals surface area contributed by atoms with Gasteiger partial charge in [-0.2, -0.15) is 0 Å². The van der Waals surface area contributed by atoms with Crippen LogP contribution in [-0.4, -0.2) is 15.6 Å². The zero-order chi connectivity index (χ0) is 16.2. The van der Waals surface area contributed by atoms with Gasteiger partial charge < -0.3 is 9.67 Å². The summed E-state index contributed by atoms with van der Waals surface area (Å²) >= 11 is 0. The molecule has 1 aromatic heterocycles. The highest BCUT2D eigenvalue weighted by molar-refractivity contribution is 5.94. The van der Waals surface area contributed by atoms with Crippen LogP contribution in [0.3, 0.4) is 0 Å². The van der Waals surface area contributed by atoms with E-state index in [0.717, 1.165) is 23.9 Å². The average molecular weight is 299 g/mol. The van der Waals surface area contributed by atoms with Crippen LogP contribution in [0.25, 0.3) is 10.9 Å². The molecule has 0 bridgehead atoms. The number of carboxylic acids is 1. The Bertz CT molecular complexity index is 846. The Morgan fingerprint density at radius 1 is 1.41 bits per heavy atom. The molecule has 0 aliphatic carbocycles. The van der Waals surface area contributed by atoms with E-state index in [1.165, 1.54) is 17.3 Å². The van der Waals surface area contributed by atoms with E-state index in [4.69, 9.17) is 0 Å². The number of carbonyl (C=O) groups is 1. The van der Waals surface area contributed by atoms with Gasteiger partial charge in [0.25, 0.3) is 0 Å². The molecule has 22 heavy (non-hydrogen) atoms. The van der Waals surface area contributed by atoms with Crippen molar-refractivity contribution in [3.05, 3.63) is 44.7 Å². The third kappa shape index (κ3) is 1.97. The van der Waals surface area contributed by atoms with Gasteiger partial charge in [-0.3, -0.25) is 4.79 Å². The monoisotopic (exact) mass is 299 g/mol. The van der Waals surface area contributed by atoms with E-state index in [2.05, 4.69) is 20.8 Å². The summed E-state index contributed by atoms with van der Waals surface area (Å²) in [4.78, 5) is 24.0. The molecule has 1 aliphatic heterocycles. The zero-order valence-corrected chi connectivity index (χ0v) is 13.4. The molecule has 1 atom stereocenters. The van der Waals surface area contributed by atoms with Crippen molar-refractivity contribution < 1.29 is 9.90 Å². The molecule has 4 heteroatoms. The molecule has 4 nitrogen and oxygen atoms in total. The third-order valence-electron chi connectivity index (χ3n) is 4.76. The lowest BCUT2D eigenvalue weighted by molar-refractivity contribution is 0.0694. The quantitative estimate of drug-likeness (QED) is 0.921. The van der Waals surface area contributed by atoms with Crippen LogP contribution in [0, 0.1) is 6.92 Å². The second-order valence-electron chi connectivity index (χ2n) is 6.61. The van der Waals surface area contributed by atoms with Crippen LogP contribution in [0.5, 0.6) is 0 Å². The molecule has 1 unspecified atom stereocenters. The van der Waals surface area contributed by atoms with Gasteiger partial charge in [0.2, 0.25) is 5.43 Å². The molecule has 0 saturated carbocycles. The maximum Gasteiger partial charge on any atom is 0.341 e. The van der Waals surface area contributed by atoms with Crippen LogP contribution in [0.2, 0.25) is 0 Å². The summed E-state index contributed by atoms with van der Waals surface area (Å²) in [5.41, 5.74) is 4.03. The van der Waals surface area contributed by atoms with Gasteiger partial charge in [0.1, 0.15) is 5.56 Å². The molecular formula is C18H21NO3. The summed E-state index contributed by atoms with van der Waals surface area (Å²) in [6.07, 6.45) is 3.44. The van der Waals surface area contributed by atoms with Gasteiger partial charge in [0.15, 0.2) is 0 Å². The second-order valence-corrected chi connectivity index (χ2v) is 6.61. The van der Waals surface area contributed by atoms with Gasteiger partial charge in [-0.1, -0.05) is 13.8 Å². The minimum Gasteiger partial charge on any atom is -0.477 e. The third-order valence-corrected chi connectivity index (χ3v) is 4.76. The van der Waals surface area contributed by atoms with Crippen molar-refractivity contribution in [1.29, 1.82) is 0 Å². The zero-order valence-electron chi connectivity index (χ0n) is 13.4. The number of aryl methyl sites for hydroxylation is 2. The van der Waals surface area contributed by atoms with E-state index in [-0.39, 0.29) is 17.0 Å². The van der Waals surface area contributed by atoms with E-state index < -0.39 is 5.97 Å². The van der Waals surface area contributed by atoms with E-state index in [0.29, 0.717) is 11.3 Å². The Hall–Kier alpha value is -2.10. The Morgan fingerprint density at radius 2 is 2.09 bits per heavy atom. The lowest BCUT2D eigenvalue weighted by atomic mass is 9.85. The van der Waals surface area contributed by atoms with Gasteiger partial charge in [-0.05, 0) is 55.4 Å². The first-order valence-electron chi connectivity index (χ1n) is 7.77. The van der Waals surface area contributed by atoms with Crippen LogP contribution >= 0.6 is 0 Å². The minimum atomic E-state index is -1.15. The van der Waals surface area contributed by atoms with E-state index in [1.807, 2.05) is 17.6 Å². The molecule has 1 N–H and O–H groups in total. The first kappa shape index (κ1) is 14.8. The average Bonchev–Trinajstić information content (AvgIpc) is 2.43. The summed E-state index contributed by atoms with van der Waals surface area (Å²) in [6, 6.07) is 2.08. The SMILES string of the molecule is Cc1cc2c(=O)c(C(=O)O)cn3c2c(c1C(C)C)CCC3C. The Labute approximate surface area is 129 Å². The first-order valence-corrected chi connectivity index (χ1v) is 7.77. The standard InChI is InChI=1S/C18H21NO3/c1-9(2)15-10(3)7-13-16-12(15)6-5-11(4)19(16)8-14(17(13)20)18(21)22/h7-9,11H,5-6H2,1-4H3,(H,21,22). The van der Waals surface area contributed by atoms with Crippen LogP contribution in [-0.2, 0) is 6.42 Å². The van der Waals surface area contributed by atoms with Crippen molar-refractivity contribution in [2.45, 2.75) is 52.5 Å². The molecule has 3 rings (SSSR count). The highest BCUT2D eigenvalue weighted by atomic mass is 16.4. The summed E-state index contributed by atoms with van der Waals surface area (Å²) in [5.74, 6) is -0.768. The summed E-state index contributed by atoms with van der Waals surface area (Å²) < 4.78 is 1.99. The molecule has 0 spiro atoms. The highest BCUT2D eigenvalue weighted by Crippen LogP contribution is 2.36. The molecule has 0 amide bonds. The molecule has 1 aliphatic rings. The van der Waals surface area contributed by atoms with Crippen molar-refractivity contribution in [2.24, 2.45) is 0 Å². The van der Waals surface area contributed by atoms with Gasteiger partial charge in [-0.15, -0.1) is 0 Å². The Kier molecular flexibility index (Phi) is 3.35. The lowest BCUT2D eigenvalue weighted by Gasteiger charge is -2.30. The fourth-order valence-corrected chi connectivity index (χ4v) is 3.82. The lowest BCUT2D eigenvalue weighted by Crippen LogP contribution is -2.25. The number of pyridine rings is 1. The van der Waals surface area contributed by atoms with Crippen molar-refractivity contribution in [1.82, 2.24) is 4.57 Å². The van der Waals surface area contributed by atoms with Crippen LogP contribution in [0.15, 0.2) is 17.1 Å². The van der Waals surface area contributed by atoms with Gasteiger partial charge in [0.05, 0.1) is 5.52 Å². The molecule has 1 aromatic carbocycles. The molecular weight excluding hydrogens is 278 g/mol. The smallest absolute Gasteiger partial charge is 0.341 e. The van der Waals surface area contributed by atoms with Crippen LogP contribution in [0.4, 0.5) is 0 Å². The summed E-state index contributed by atoms with van der Waals surface area (Å²) in [7, 11) is 0. The second kappa shape index (κ2) is 4.97. The fraction of sp³-hybridized carbons (Fsp3) is 0.444. The van der Waals surface area contributed by atoms with Crippen molar-refractivity contribution in [2.75, 3.05) is 0 Å². The van der Waals surface area contributed by atoms with Crippen LogP contribution in [0.1, 0.15) is 66.2 Å². The summed E-state index contributed by atoms with van der Waals surface area (Å²) in [5, 5.41) is 9.86. The maximum atomic E-state index is 12.6. The number of hydrogen-bond donors (Lipinski definition) is 1. The van der Waals surface area contributed by atoms with Gasteiger partial charge in [0, 0.05) is 17.6 Å². The molecule has 2 heterocycles. The van der Waals surface area contributed by atoms with E-state index in [1.54, 1.807) is 0 Å². The highest BCUT2D eigenvalue weighted by Gasteiger charge is 2.26. The molecule has 0 fully saturated rings. The molecule has 0 saturated heterocycles. The fourth-order valence-electron chi connectivity index (χ4n) is 3.82. The first-order chi connectivity index (χ1) is 10.3. The van der Waals surface area contributed by atoms with Gasteiger partial charge >= 0.3 is 5.97 Å². The predicted octanol–water partition coefficient (Wildman–Crippen LogP) is 3.64. The number of rotatable bonds is 2. The normalized spacial score (nSPS) is 17.2. The Morgan fingerprint density at radius 3 is 2.68 bits per heavy atom. The number of benzene rings is 1. The number of aromatic carboxylic acids is 1. The summed E-state index contributed by atoms with van der Waals surface area (Å²) in [6.45, 7) is 8.42. The molecule has 2 aromatic rings. The molecule has 116 valence electrons. The van der Waals surface area contributed by atoms with Crippen LogP contribution < -0.4 is 5.43 Å². The van der Waals surface area contributed by atoms with Crippen molar-refractivity contribution >= 4 is 16.9 Å². The maximum absolute atomic E-state index is 12.6. The topological polar surface area (TPSA) is 59.3 Å². The minimum absolute atomic E-state index is 0.135. The number of aromatic nitrogens is 1. The van der Waals surface area contributed by atoms with Gasteiger partial charge in [-0.25, -0.2) is 4.79 Å². The number of carboxylic acid groups (broad SMARTS) is 1. The number of nitrogens with zero attached hydrogens (tertiary/aromatic N) is 1. The van der Waals surface area contributed by atoms with Crippen molar-refractivity contribution in [3.63, 3.8) is 0 Å². The predicted molar refractivity (Wildman–Crippen MR) is 87.0 cm³/mol. The molecule has 0 radical (unpaired) electrons. The van der Waals surface area contributed by atoms with E-state index in [9.17, 15) is 14.7 Å². The Balaban J connectivity index is 2.54. The van der Waals surface area contributed by atoms with Crippen molar-refractivity contribution in [3.8, 4) is 0 Å².